The van der Waals surface area contributed by atoms with Crippen molar-refractivity contribution < 1.29 is 38.3 Å². The molecule has 0 N–H and O–H groups in total. The average Bonchev–Trinajstić information content (AvgIpc) is 2.04. The molecule has 0 bridgehead atoms. The van der Waals surface area contributed by atoms with Gasteiger partial charge in [0.05, 0.1) is 11.9 Å². The summed E-state index contributed by atoms with van der Waals surface area (Å²) in [6.07, 6.45) is 0. The summed E-state index contributed by atoms with van der Waals surface area (Å²) in [5.41, 5.74) is -0.727. The van der Waals surface area contributed by atoms with E-state index in [1.165, 1.54) is 12.1 Å². The van der Waals surface area contributed by atoms with Gasteiger partial charge in [-0.25, -0.2) is 0 Å². The fraction of sp³-hybridized carbons (Fsp3) is 0. The van der Waals surface area contributed by atoms with Gasteiger partial charge in [0.15, 0.2) is 0 Å². The Balaban J connectivity index is 0. The molecule has 0 spiro atoms. The second-order valence-corrected chi connectivity index (χ2v) is 2.12. The van der Waals surface area contributed by atoms with Crippen LogP contribution in [0.2, 0.25) is 0 Å². The van der Waals surface area contributed by atoms with Gasteiger partial charge in [0.2, 0.25) is 0 Å². The van der Waals surface area contributed by atoms with Crippen LogP contribution < -0.4 is 10.2 Å². The third-order valence-electron chi connectivity index (χ3n) is 1.37. The average molecular weight is 221 g/mol. The molecule has 13 heavy (non-hydrogen) atoms. The Morgan fingerprint density at radius 1 is 1.00 bits per heavy atom. The molecule has 0 saturated heterocycles. The standard InChI is InChI=1S/C8H6O4.Fe/c9-7(10)5-3-1-2-4-6(5)8(11)12;/h1-4H,(H,9,10)(H,11,12);/q;+2/p-1. The van der Waals surface area contributed by atoms with E-state index in [0.717, 1.165) is 12.1 Å². The van der Waals surface area contributed by atoms with Gasteiger partial charge in [-0.15, -0.1) is 0 Å². The van der Waals surface area contributed by atoms with Crippen molar-refractivity contribution in [3.05, 3.63) is 35.4 Å². The first kappa shape index (κ1) is 11.7. The third kappa shape index (κ3) is 2.57. The first-order chi connectivity index (χ1) is 5.63. The van der Waals surface area contributed by atoms with E-state index >= 15 is 0 Å². The Morgan fingerprint density at radius 3 is 1.54 bits per heavy atom. The summed E-state index contributed by atoms with van der Waals surface area (Å²) in [6.45, 7) is 0. The number of carboxylic acid groups (broad SMARTS) is 2. The van der Waals surface area contributed by atoms with Crippen molar-refractivity contribution in [2.75, 3.05) is 0 Å². The van der Waals surface area contributed by atoms with E-state index in [1.807, 2.05) is 0 Å². The molecule has 0 aliphatic heterocycles. The smallest absolute Gasteiger partial charge is 0.545 e. The minimum Gasteiger partial charge on any atom is -0.545 e. The van der Waals surface area contributed by atoms with E-state index in [9.17, 15) is 19.8 Å². The molecule has 0 radical (unpaired) electrons. The molecular formula is C8H5FeO4+. The number of rotatable bonds is 2. The maximum atomic E-state index is 10.3. The second-order valence-electron chi connectivity index (χ2n) is 2.12. The van der Waals surface area contributed by atoms with Gasteiger partial charge in [-0.05, 0) is 0 Å². The van der Waals surface area contributed by atoms with E-state index in [0.29, 0.717) is 0 Å². The van der Waals surface area contributed by atoms with Crippen molar-refractivity contribution >= 4 is 11.9 Å². The predicted octanol–water partition coefficient (Wildman–Crippen LogP) is -1.48. The normalized spacial score (nSPS) is 8.62. The molecule has 4 nitrogen and oxygen atoms in total. The van der Waals surface area contributed by atoms with Gasteiger partial charge in [0, 0.05) is 11.1 Å². The maximum absolute atomic E-state index is 10.3. The number of aromatic carboxylic acids is 2. The van der Waals surface area contributed by atoms with Crippen molar-refractivity contribution in [2.45, 2.75) is 0 Å². The van der Waals surface area contributed by atoms with Crippen molar-refractivity contribution in [3.63, 3.8) is 0 Å². The Bertz CT molecular complexity index is 307. The zero-order chi connectivity index (χ0) is 9.14. The van der Waals surface area contributed by atoms with Crippen LogP contribution in [0.3, 0.4) is 0 Å². The summed E-state index contributed by atoms with van der Waals surface area (Å²) in [4.78, 5) is 20.6. The van der Waals surface area contributed by atoms with E-state index in [-0.39, 0.29) is 29.6 Å². The SMILES string of the molecule is O=C([O-])c1ccccc1C(=O)[O-].[Fe+2].[H+]. The summed E-state index contributed by atoms with van der Waals surface area (Å²) < 4.78 is 0. The third-order valence-corrected chi connectivity index (χ3v) is 1.37. The molecule has 0 atom stereocenters. The van der Waals surface area contributed by atoms with Gasteiger partial charge in [-0.2, -0.15) is 0 Å². The van der Waals surface area contributed by atoms with Crippen LogP contribution in [0.5, 0.6) is 0 Å². The fourth-order valence-corrected chi connectivity index (χ4v) is 0.839. The molecule has 68 valence electrons. The molecule has 0 amide bonds. The van der Waals surface area contributed by atoms with Gasteiger partial charge in [0.25, 0.3) is 0 Å². The van der Waals surface area contributed by atoms with E-state index < -0.39 is 11.9 Å². The Labute approximate surface area is 86.2 Å². The van der Waals surface area contributed by atoms with E-state index in [1.54, 1.807) is 0 Å². The van der Waals surface area contributed by atoms with Gasteiger partial charge >= 0.3 is 18.5 Å². The second kappa shape index (κ2) is 4.64. The molecule has 0 aliphatic carbocycles. The number of benzene rings is 1. The van der Waals surface area contributed by atoms with Gasteiger partial charge in [-0.1, -0.05) is 24.3 Å². The first-order valence-electron chi connectivity index (χ1n) is 3.14. The van der Waals surface area contributed by atoms with Crippen LogP contribution in [-0.2, 0) is 17.1 Å². The quantitative estimate of drug-likeness (QED) is 0.570. The minimum atomic E-state index is -1.52. The first-order valence-corrected chi connectivity index (χ1v) is 3.14. The summed E-state index contributed by atoms with van der Waals surface area (Å²) >= 11 is 0. The van der Waals surface area contributed by atoms with Crippen LogP contribution in [0.4, 0.5) is 0 Å². The molecule has 0 unspecified atom stereocenters. The fourth-order valence-electron chi connectivity index (χ4n) is 0.839. The van der Waals surface area contributed by atoms with Gasteiger partial charge in [-0.3, -0.25) is 0 Å². The van der Waals surface area contributed by atoms with E-state index in [4.69, 9.17) is 0 Å². The van der Waals surface area contributed by atoms with Crippen LogP contribution in [-0.4, -0.2) is 11.9 Å². The molecule has 1 aromatic carbocycles. The van der Waals surface area contributed by atoms with Crippen molar-refractivity contribution in [1.82, 2.24) is 0 Å². The van der Waals surface area contributed by atoms with E-state index in [2.05, 4.69) is 0 Å². The Kier molecular flexibility index (Phi) is 4.17. The van der Waals surface area contributed by atoms with Gasteiger partial charge in [0.1, 0.15) is 0 Å². The van der Waals surface area contributed by atoms with Crippen LogP contribution >= 0.6 is 0 Å². The van der Waals surface area contributed by atoms with Crippen LogP contribution in [0.15, 0.2) is 24.3 Å². The van der Waals surface area contributed by atoms with Crippen molar-refractivity contribution in [3.8, 4) is 0 Å². The summed E-state index contributed by atoms with van der Waals surface area (Å²) in [6, 6.07) is 5.14. The minimum absolute atomic E-state index is 0. The molecule has 5 heteroatoms. The largest absolute Gasteiger partial charge is 2.00 e. The van der Waals surface area contributed by atoms with Crippen molar-refractivity contribution in [2.24, 2.45) is 0 Å². The monoisotopic (exact) mass is 221 g/mol. The summed E-state index contributed by atoms with van der Waals surface area (Å²) in [5, 5.41) is 20.6. The van der Waals surface area contributed by atoms with Crippen LogP contribution in [0.25, 0.3) is 0 Å². The molecule has 0 saturated carbocycles. The Morgan fingerprint density at radius 2 is 1.31 bits per heavy atom. The number of carboxylic acids is 2. The molecule has 0 aliphatic rings. The number of carbonyl (C=O) groups excluding carboxylic acids is 2. The Hall–Kier alpha value is -1.32. The maximum Gasteiger partial charge on any atom is 2.00 e. The molecule has 1 rings (SSSR count). The zero-order valence-corrected chi connectivity index (χ0v) is 7.40. The topological polar surface area (TPSA) is 80.3 Å². The van der Waals surface area contributed by atoms with Crippen LogP contribution in [0.1, 0.15) is 22.1 Å². The summed E-state index contributed by atoms with van der Waals surface area (Å²) in [7, 11) is 0. The zero-order valence-electron chi connectivity index (χ0n) is 7.30. The number of hydrogen-bond donors (Lipinski definition) is 0. The number of hydrogen-bond acceptors (Lipinski definition) is 4. The van der Waals surface area contributed by atoms with Crippen LogP contribution in [0, 0.1) is 0 Å². The predicted molar refractivity (Wildman–Crippen MR) is 36.2 cm³/mol. The summed E-state index contributed by atoms with van der Waals surface area (Å²) in [5.74, 6) is -3.04. The molecule has 0 heterocycles. The van der Waals surface area contributed by atoms with Crippen molar-refractivity contribution in [1.29, 1.82) is 0 Å². The molecule has 0 fully saturated rings. The molecular weight excluding hydrogens is 216 g/mol. The number of carbonyl (C=O) groups is 2. The molecule has 0 aromatic heterocycles. The van der Waals surface area contributed by atoms with Gasteiger partial charge < -0.3 is 19.8 Å². The molecule has 1 aromatic rings.